The minimum absolute atomic E-state index is 0.119. The van der Waals surface area contributed by atoms with Crippen LogP contribution in [0.5, 0.6) is 5.75 Å². The fraction of sp³-hybridized carbons (Fsp3) is 0.222. The Balaban J connectivity index is 3.25. The number of ether oxygens (including phenoxy) is 1. The molecule has 3 nitrogen and oxygen atoms in total. The lowest BCUT2D eigenvalue weighted by Crippen LogP contribution is -2.14. The third-order valence-corrected chi connectivity index (χ3v) is 2.31. The van der Waals surface area contributed by atoms with Crippen molar-refractivity contribution in [3.05, 3.63) is 27.7 Å². The van der Waals surface area contributed by atoms with Crippen molar-refractivity contribution in [3.8, 4) is 5.75 Å². The van der Waals surface area contributed by atoms with E-state index in [2.05, 4.69) is 0 Å². The molecule has 5 heteroatoms. The van der Waals surface area contributed by atoms with E-state index in [1.807, 2.05) is 0 Å². The molecule has 0 atom stereocenters. The second-order valence-electron chi connectivity index (χ2n) is 2.59. The molecule has 0 radical (unpaired) electrons. The number of Topliss-reactive ketones (excluding diaryl/α,β-unsaturated/α-hetero) is 1. The second-order valence-corrected chi connectivity index (χ2v) is 3.41. The summed E-state index contributed by atoms with van der Waals surface area (Å²) < 4.78 is 4.93. The van der Waals surface area contributed by atoms with Gasteiger partial charge in [-0.3, -0.25) is 4.79 Å². The number of rotatable bonds is 3. The van der Waals surface area contributed by atoms with Crippen molar-refractivity contribution in [2.45, 2.75) is 0 Å². The minimum atomic E-state index is -0.289. The van der Waals surface area contributed by atoms with Crippen molar-refractivity contribution in [2.24, 2.45) is 5.73 Å². The predicted octanol–water partition coefficient (Wildman–Crippen LogP) is 2.14. The Bertz CT molecular complexity index is 343. The van der Waals surface area contributed by atoms with Crippen molar-refractivity contribution >= 4 is 29.0 Å². The maximum Gasteiger partial charge on any atom is 0.179 e. The van der Waals surface area contributed by atoms with Crippen LogP contribution >= 0.6 is 23.2 Å². The molecule has 0 fully saturated rings. The van der Waals surface area contributed by atoms with E-state index in [1.54, 1.807) is 0 Å². The number of benzene rings is 1. The Morgan fingerprint density at radius 2 is 1.93 bits per heavy atom. The first-order valence-electron chi connectivity index (χ1n) is 3.86. The van der Waals surface area contributed by atoms with Crippen LogP contribution in [-0.4, -0.2) is 19.4 Å². The van der Waals surface area contributed by atoms with Gasteiger partial charge in [0.15, 0.2) is 5.78 Å². The molecule has 0 unspecified atom stereocenters. The highest BCUT2D eigenvalue weighted by Crippen LogP contribution is 2.30. The first kappa shape index (κ1) is 11.3. The van der Waals surface area contributed by atoms with Crippen LogP contribution in [-0.2, 0) is 0 Å². The van der Waals surface area contributed by atoms with Crippen molar-refractivity contribution in [1.82, 2.24) is 0 Å². The molecule has 0 aliphatic carbocycles. The summed E-state index contributed by atoms with van der Waals surface area (Å²) in [5, 5.41) is 0.509. The van der Waals surface area contributed by atoms with Crippen LogP contribution in [0.25, 0.3) is 0 Å². The summed E-state index contributed by atoms with van der Waals surface area (Å²) in [6, 6.07) is 3.05. The van der Waals surface area contributed by atoms with Gasteiger partial charge in [-0.15, -0.1) is 0 Å². The standard InChI is InChI=1S/C9H9Cl2NO2/c1-14-5-2-6(10)9(7(11)3-5)8(13)4-12/h2-3H,4,12H2,1H3. The number of nitrogens with two attached hydrogens (primary N) is 1. The van der Waals surface area contributed by atoms with E-state index in [9.17, 15) is 4.79 Å². The molecule has 0 amide bonds. The fourth-order valence-corrected chi connectivity index (χ4v) is 1.71. The molecule has 0 saturated heterocycles. The van der Waals surface area contributed by atoms with Gasteiger partial charge in [-0.1, -0.05) is 23.2 Å². The molecule has 2 N–H and O–H groups in total. The number of methoxy groups -OCH3 is 1. The third kappa shape index (κ3) is 2.18. The van der Waals surface area contributed by atoms with Gasteiger partial charge >= 0.3 is 0 Å². The van der Waals surface area contributed by atoms with Gasteiger partial charge < -0.3 is 10.5 Å². The zero-order valence-corrected chi connectivity index (χ0v) is 9.02. The molecule has 0 spiro atoms. The van der Waals surface area contributed by atoms with Gasteiger partial charge in [0.1, 0.15) is 5.75 Å². The average molecular weight is 234 g/mol. The third-order valence-electron chi connectivity index (χ3n) is 1.72. The second kappa shape index (κ2) is 4.64. The molecular formula is C9H9Cl2NO2. The number of carbonyl (C=O) groups excluding carboxylic acids is 1. The minimum Gasteiger partial charge on any atom is -0.497 e. The van der Waals surface area contributed by atoms with Gasteiger partial charge in [0.2, 0.25) is 0 Å². The molecule has 1 aromatic rings. The molecule has 76 valence electrons. The van der Waals surface area contributed by atoms with Gasteiger partial charge in [-0.25, -0.2) is 0 Å². The summed E-state index contributed by atoms with van der Waals surface area (Å²) in [5.41, 5.74) is 5.46. The van der Waals surface area contributed by atoms with Crippen LogP contribution < -0.4 is 10.5 Å². The van der Waals surface area contributed by atoms with E-state index < -0.39 is 0 Å². The number of halogens is 2. The topological polar surface area (TPSA) is 52.3 Å². The summed E-state index contributed by atoms with van der Waals surface area (Å²) in [6.07, 6.45) is 0. The summed E-state index contributed by atoms with van der Waals surface area (Å²) in [7, 11) is 1.49. The van der Waals surface area contributed by atoms with E-state index in [4.69, 9.17) is 33.7 Å². The molecule has 0 bridgehead atoms. The monoisotopic (exact) mass is 233 g/mol. The van der Waals surface area contributed by atoms with Crippen molar-refractivity contribution in [2.75, 3.05) is 13.7 Å². The molecule has 0 saturated carbocycles. The summed E-state index contributed by atoms with van der Waals surface area (Å²) in [4.78, 5) is 11.3. The van der Waals surface area contributed by atoms with Crippen molar-refractivity contribution in [1.29, 1.82) is 0 Å². The Hall–Kier alpha value is -0.770. The Morgan fingerprint density at radius 1 is 1.43 bits per heavy atom. The maximum atomic E-state index is 11.3. The van der Waals surface area contributed by atoms with E-state index in [-0.39, 0.29) is 27.9 Å². The predicted molar refractivity (Wildman–Crippen MR) is 56.4 cm³/mol. The highest BCUT2D eigenvalue weighted by atomic mass is 35.5. The van der Waals surface area contributed by atoms with Crippen LogP contribution in [0.2, 0.25) is 10.0 Å². The Labute approximate surface area is 91.7 Å². The normalized spacial score (nSPS) is 10.0. The molecular weight excluding hydrogens is 225 g/mol. The zero-order valence-electron chi connectivity index (χ0n) is 7.51. The molecule has 0 aliphatic heterocycles. The van der Waals surface area contributed by atoms with Gasteiger partial charge in [-0.2, -0.15) is 0 Å². The number of hydrogen-bond donors (Lipinski definition) is 1. The highest BCUT2D eigenvalue weighted by Gasteiger charge is 2.14. The molecule has 0 heterocycles. The molecule has 14 heavy (non-hydrogen) atoms. The van der Waals surface area contributed by atoms with E-state index >= 15 is 0 Å². The molecule has 1 aromatic carbocycles. The lowest BCUT2D eigenvalue weighted by Gasteiger charge is -2.07. The van der Waals surface area contributed by atoms with Crippen molar-refractivity contribution < 1.29 is 9.53 Å². The first-order valence-corrected chi connectivity index (χ1v) is 4.62. The van der Waals surface area contributed by atoms with Crippen LogP contribution in [0.1, 0.15) is 10.4 Å². The summed E-state index contributed by atoms with van der Waals surface area (Å²) in [6.45, 7) is -0.119. The average Bonchev–Trinajstić information content (AvgIpc) is 2.16. The van der Waals surface area contributed by atoms with Crippen molar-refractivity contribution in [3.63, 3.8) is 0 Å². The van der Waals surface area contributed by atoms with Gasteiger partial charge in [0.25, 0.3) is 0 Å². The smallest absolute Gasteiger partial charge is 0.179 e. The van der Waals surface area contributed by atoms with E-state index in [1.165, 1.54) is 19.2 Å². The number of carbonyl (C=O) groups is 1. The Morgan fingerprint density at radius 3 is 2.29 bits per heavy atom. The zero-order chi connectivity index (χ0) is 10.7. The van der Waals surface area contributed by atoms with E-state index in [0.717, 1.165) is 0 Å². The SMILES string of the molecule is COc1cc(Cl)c(C(=O)CN)c(Cl)c1. The summed E-state index contributed by atoms with van der Waals surface area (Å²) in [5.74, 6) is 0.219. The number of ketones is 1. The lowest BCUT2D eigenvalue weighted by atomic mass is 10.1. The van der Waals surface area contributed by atoms with Gasteiger partial charge in [0, 0.05) is 0 Å². The molecule has 1 rings (SSSR count). The molecule has 0 aliphatic rings. The van der Waals surface area contributed by atoms with Gasteiger partial charge in [0.05, 0.1) is 29.3 Å². The van der Waals surface area contributed by atoms with Crippen LogP contribution in [0, 0.1) is 0 Å². The fourth-order valence-electron chi connectivity index (χ4n) is 1.04. The maximum absolute atomic E-state index is 11.3. The Kier molecular flexibility index (Phi) is 3.75. The van der Waals surface area contributed by atoms with Crippen LogP contribution in [0.3, 0.4) is 0 Å². The first-order chi connectivity index (χ1) is 6.60. The van der Waals surface area contributed by atoms with Crippen LogP contribution in [0.15, 0.2) is 12.1 Å². The molecule has 0 aromatic heterocycles. The highest BCUT2D eigenvalue weighted by molar-refractivity contribution is 6.40. The van der Waals surface area contributed by atoms with Gasteiger partial charge in [-0.05, 0) is 12.1 Å². The number of hydrogen-bond acceptors (Lipinski definition) is 3. The largest absolute Gasteiger partial charge is 0.497 e. The lowest BCUT2D eigenvalue weighted by molar-refractivity contribution is 0.100. The van der Waals surface area contributed by atoms with Crippen LogP contribution in [0.4, 0.5) is 0 Å². The summed E-state index contributed by atoms with van der Waals surface area (Å²) >= 11 is 11.7. The quantitative estimate of drug-likeness (QED) is 0.815. The van der Waals surface area contributed by atoms with E-state index in [0.29, 0.717) is 5.75 Å².